The number of rotatable bonds is 3. The molecule has 0 saturated heterocycles. The number of benzene rings is 2. The van der Waals surface area contributed by atoms with Crippen molar-refractivity contribution in [2.75, 3.05) is 16.8 Å². The molecular formula is C20H17N3O. The number of nitrogens with one attached hydrogen (secondary N) is 1. The minimum absolute atomic E-state index is 0.151. The Morgan fingerprint density at radius 3 is 2.54 bits per heavy atom. The summed E-state index contributed by atoms with van der Waals surface area (Å²) in [7, 11) is 0. The highest BCUT2D eigenvalue weighted by Crippen LogP contribution is 2.33. The van der Waals surface area contributed by atoms with Crippen LogP contribution in [0.1, 0.15) is 15.9 Å². The van der Waals surface area contributed by atoms with Crippen molar-refractivity contribution in [3.8, 4) is 0 Å². The molecule has 0 spiro atoms. The zero-order chi connectivity index (χ0) is 16.4. The van der Waals surface area contributed by atoms with Crippen molar-refractivity contribution >= 4 is 23.1 Å². The zero-order valence-corrected chi connectivity index (χ0v) is 13.1. The van der Waals surface area contributed by atoms with Crippen LogP contribution in [-0.2, 0) is 6.42 Å². The summed E-state index contributed by atoms with van der Waals surface area (Å²) < 4.78 is 0. The first-order chi connectivity index (χ1) is 11.8. The Bertz CT molecular complexity index is 860. The molecule has 0 fully saturated rings. The highest BCUT2D eigenvalue weighted by molar-refractivity contribution is 6.03. The number of hydrogen-bond acceptors (Lipinski definition) is 3. The lowest BCUT2D eigenvalue weighted by atomic mass is 10.2. The Kier molecular flexibility index (Phi) is 3.71. The van der Waals surface area contributed by atoms with E-state index in [0.29, 0.717) is 11.4 Å². The van der Waals surface area contributed by atoms with Crippen molar-refractivity contribution in [2.45, 2.75) is 6.42 Å². The molecule has 1 aliphatic heterocycles. The van der Waals surface area contributed by atoms with Crippen molar-refractivity contribution in [1.82, 2.24) is 4.98 Å². The number of nitrogens with zero attached hydrogens (tertiary/aromatic N) is 2. The van der Waals surface area contributed by atoms with Gasteiger partial charge in [-0.15, -0.1) is 0 Å². The summed E-state index contributed by atoms with van der Waals surface area (Å²) in [6.07, 6.45) is 2.85. The Morgan fingerprint density at radius 1 is 0.958 bits per heavy atom. The average Bonchev–Trinajstić information content (AvgIpc) is 3.07. The van der Waals surface area contributed by atoms with E-state index in [4.69, 9.17) is 0 Å². The van der Waals surface area contributed by atoms with Crippen molar-refractivity contribution < 1.29 is 4.79 Å². The molecule has 0 saturated carbocycles. The van der Waals surface area contributed by atoms with Gasteiger partial charge in [0.15, 0.2) is 0 Å². The number of anilines is 3. The molecule has 0 radical (unpaired) electrons. The first-order valence-electron chi connectivity index (χ1n) is 7.99. The molecule has 1 aliphatic rings. The molecule has 1 N–H and O–H groups in total. The lowest BCUT2D eigenvalue weighted by Gasteiger charge is -2.19. The van der Waals surface area contributed by atoms with Gasteiger partial charge in [-0.1, -0.05) is 36.4 Å². The summed E-state index contributed by atoms with van der Waals surface area (Å²) in [4.78, 5) is 18.8. The van der Waals surface area contributed by atoms with Crippen molar-refractivity contribution in [1.29, 1.82) is 0 Å². The van der Waals surface area contributed by atoms with Crippen LogP contribution in [0.5, 0.6) is 0 Å². The van der Waals surface area contributed by atoms with Gasteiger partial charge < -0.3 is 10.2 Å². The van der Waals surface area contributed by atoms with Gasteiger partial charge in [0.1, 0.15) is 5.82 Å². The van der Waals surface area contributed by atoms with E-state index < -0.39 is 0 Å². The Labute approximate surface area is 140 Å². The molecule has 4 heteroatoms. The third kappa shape index (κ3) is 2.74. The summed E-state index contributed by atoms with van der Waals surface area (Å²) in [5, 5.41) is 2.83. The van der Waals surface area contributed by atoms with Crippen LogP contribution in [-0.4, -0.2) is 17.4 Å². The molecule has 1 aromatic heterocycles. The average molecular weight is 315 g/mol. The minimum atomic E-state index is -0.151. The number of para-hydroxylation sites is 1. The molecular weight excluding hydrogens is 298 g/mol. The van der Waals surface area contributed by atoms with E-state index in [2.05, 4.69) is 39.5 Å². The summed E-state index contributed by atoms with van der Waals surface area (Å²) in [6, 6.07) is 21.4. The van der Waals surface area contributed by atoms with Gasteiger partial charge in [-0.3, -0.25) is 4.79 Å². The monoisotopic (exact) mass is 315 g/mol. The van der Waals surface area contributed by atoms with Gasteiger partial charge in [0.25, 0.3) is 5.91 Å². The number of carbonyl (C=O) groups is 1. The molecule has 1 amide bonds. The molecule has 24 heavy (non-hydrogen) atoms. The van der Waals surface area contributed by atoms with Gasteiger partial charge >= 0.3 is 0 Å². The van der Waals surface area contributed by atoms with Gasteiger partial charge in [0.2, 0.25) is 0 Å². The number of carbonyl (C=O) groups excluding carboxylic acids is 1. The second-order valence-electron chi connectivity index (χ2n) is 5.75. The molecule has 0 atom stereocenters. The van der Waals surface area contributed by atoms with Crippen LogP contribution in [0.2, 0.25) is 0 Å². The van der Waals surface area contributed by atoms with E-state index in [0.717, 1.165) is 18.7 Å². The normalized spacial score (nSPS) is 12.8. The molecule has 2 heterocycles. The number of pyridine rings is 1. The fourth-order valence-electron chi connectivity index (χ4n) is 3.00. The highest BCUT2D eigenvalue weighted by Gasteiger charge is 2.19. The number of amides is 1. The second kappa shape index (κ2) is 6.16. The maximum absolute atomic E-state index is 12.2. The quantitative estimate of drug-likeness (QED) is 0.794. The minimum Gasteiger partial charge on any atom is -0.340 e. The van der Waals surface area contributed by atoms with Gasteiger partial charge in [0, 0.05) is 17.8 Å². The summed E-state index contributed by atoms with van der Waals surface area (Å²) in [5.74, 6) is 0.405. The standard InChI is InChI=1S/C20H17N3O/c24-20(16-7-2-1-3-8-16)22-19-11-10-17(14-21-19)23-13-12-15-6-4-5-9-18(15)23/h1-11,14H,12-13H2,(H,21,22,24). The Hall–Kier alpha value is -3.14. The lowest BCUT2D eigenvalue weighted by Crippen LogP contribution is -2.15. The smallest absolute Gasteiger partial charge is 0.256 e. The number of fused-ring (bicyclic) bond motifs is 1. The highest BCUT2D eigenvalue weighted by atomic mass is 16.1. The Balaban J connectivity index is 1.51. The fraction of sp³-hybridized carbons (Fsp3) is 0.100. The largest absolute Gasteiger partial charge is 0.340 e. The maximum Gasteiger partial charge on any atom is 0.256 e. The molecule has 118 valence electrons. The van der Waals surface area contributed by atoms with E-state index in [1.165, 1.54) is 11.3 Å². The van der Waals surface area contributed by atoms with Crippen LogP contribution in [0.25, 0.3) is 0 Å². The van der Waals surface area contributed by atoms with E-state index >= 15 is 0 Å². The SMILES string of the molecule is O=C(Nc1ccc(N2CCc3ccccc32)cn1)c1ccccc1. The summed E-state index contributed by atoms with van der Waals surface area (Å²) in [6.45, 7) is 0.955. The predicted octanol–water partition coefficient (Wildman–Crippen LogP) is 4.03. The van der Waals surface area contributed by atoms with Gasteiger partial charge in [-0.25, -0.2) is 4.98 Å². The van der Waals surface area contributed by atoms with E-state index in [1.54, 1.807) is 12.1 Å². The van der Waals surface area contributed by atoms with Crippen LogP contribution in [0, 0.1) is 0 Å². The van der Waals surface area contributed by atoms with Crippen LogP contribution < -0.4 is 10.2 Å². The topological polar surface area (TPSA) is 45.2 Å². The molecule has 0 bridgehead atoms. The maximum atomic E-state index is 12.2. The predicted molar refractivity (Wildman–Crippen MR) is 95.8 cm³/mol. The zero-order valence-electron chi connectivity index (χ0n) is 13.1. The van der Waals surface area contributed by atoms with Gasteiger partial charge in [-0.05, 0) is 42.3 Å². The van der Waals surface area contributed by atoms with Crippen molar-refractivity contribution in [2.24, 2.45) is 0 Å². The molecule has 4 nitrogen and oxygen atoms in total. The first kappa shape index (κ1) is 14.5. The van der Waals surface area contributed by atoms with E-state index in [1.807, 2.05) is 36.5 Å². The third-order valence-corrected chi connectivity index (χ3v) is 4.22. The number of hydrogen-bond donors (Lipinski definition) is 1. The van der Waals surface area contributed by atoms with E-state index in [9.17, 15) is 4.79 Å². The van der Waals surface area contributed by atoms with Crippen LogP contribution in [0.3, 0.4) is 0 Å². The van der Waals surface area contributed by atoms with Crippen molar-refractivity contribution in [3.63, 3.8) is 0 Å². The third-order valence-electron chi connectivity index (χ3n) is 4.22. The van der Waals surface area contributed by atoms with Gasteiger partial charge in [0.05, 0.1) is 11.9 Å². The second-order valence-corrected chi connectivity index (χ2v) is 5.75. The summed E-state index contributed by atoms with van der Waals surface area (Å²) in [5.41, 5.74) is 4.26. The molecule has 0 unspecified atom stereocenters. The molecule has 0 aliphatic carbocycles. The Morgan fingerprint density at radius 2 is 1.75 bits per heavy atom. The van der Waals surface area contributed by atoms with Crippen LogP contribution in [0.4, 0.5) is 17.2 Å². The molecule has 2 aromatic carbocycles. The van der Waals surface area contributed by atoms with Crippen LogP contribution in [0.15, 0.2) is 72.9 Å². The van der Waals surface area contributed by atoms with Gasteiger partial charge in [-0.2, -0.15) is 0 Å². The van der Waals surface area contributed by atoms with E-state index in [-0.39, 0.29) is 5.91 Å². The van der Waals surface area contributed by atoms with Crippen LogP contribution >= 0.6 is 0 Å². The summed E-state index contributed by atoms with van der Waals surface area (Å²) >= 11 is 0. The first-order valence-corrected chi connectivity index (χ1v) is 7.99. The fourth-order valence-corrected chi connectivity index (χ4v) is 3.00. The molecule has 4 rings (SSSR count). The molecule has 3 aromatic rings. The van der Waals surface area contributed by atoms with Crippen molar-refractivity contribution in [3.05, 3.63) is 84.1 Å². The lowest BCUT2D eigenvalue weighted by molar-refractivity contribution is 0.102. The number of aromatic nitrogens is 1.